The van der Waals surface area contributed by atoms with Gasteiger partial charge in [0.1, 0.15) is 6.04 Å². The Morgan fingerprint density at radius 1 is 1.26 bits per heavy atom. The highest BCUT2D eigenvalue weighted by Gasteiger charge is 2.20. The molecule has 23 heavy (non-hydrogen) atoms. The second kappa shape index (κ2) is 8.52. The lowest BCUT2D eigenvalue weighted by molar-refractivity contribution is -0.676. The van der Waals surface area contributed by atoms with Crippen LogP contribution in [0.5, 0.6) is 0 Å². The molecule has 1 atom stereocenters. The zero-order valence-corrected chi connectivity index (χ0v) is 14.4. The van der Waals surface area contributed by atoms with Gasteiger partial charge in [-0.2, -0.15) is 0 Å². The smallest absolute Gasteiger partial charge is 0.275 e. The molecule has 0 aliphatic heterocycles. The number of carbonyl (C=O) groups excluding carboxylic acids is 1. The number of hydrogen-bond donors (Lipinski definition) is 2. The Kier molecular flexibility index (Phi) is 6.40. The topological polar surface area (TPSA) is 45.7 Å². The third-order valence-corrected chi connectivity index (χ3v) is 4.69. The van der Waals surface area contributed by atoms with Crippen LogP contribution >= 0.6 is 11.3 Å². The fourth-order valence-electron chi connectivity index (χ4n) is 2.42. The van der Waals surface area contributed by atoms with Gasteiger partial charge in [-0.1, -0.05) is 50.1 Å². The normalized spacial score (nSPS) is 11.9. The summed E-state index contributed by atoms with van der Waals surface area (Å²) in [6, 6.07) is 13.0. The van der Waals surface area contributed by atoms with Crippen molar-refractivity contribution in [2.75, 3.05) is 13.1 Å². The minimum atomic E-state index is -0.0386. The van der Waals surface area contributed by atoms with Gasteiger partial charge in [0.2, 0.25) is 0 Å². The number of terminal acetylenes is 1. The van der Waals surface area contributed by atoms with Crippen LogP contribution in [-0.4, -0.2) is 19.0 Å². The molecule has 0 unspecified atom stereocenters. The summed E-state index contributed by atoms with van der Waals surface area (Å²) in [6.45, 7) is 5.01. The molecule has 0 saturated carbocycles. The number of quaternary nitrogens is 1. The van der Waals surface area contributed by atoms with Crippen LogP contribution < -0.4 is 10.6 Å². The second-order valence-electron chi connectivity index (χ2n) is 5.74. The molecule has 0 aliphatic carbocycles. The predicted octanol–water partition coefficient (Wildman–Crippen LogP) is 2.27. The van der Waals surface area contributed by atoms with Gasteiger partial charge in [-0.3, -0.25) is 4.79 Å². The first-order valence-corrected chi connectivity index (χ1v) is 8.66. The SMILES string of the molecule is C#CCNC(=O)C[NH2+][C@@H](c1ccc(C(C)C)cc1)c1cccs1. The van der Waals surface area contributed by atoms with Crippen LogP contribution in [0.3, 0.4) is 0 Å². The van der Waals surface area contributed by atoms with Gasteiger partial charge in [-0.15, -0.1) is 17.8 Å². The summed E-state index contributed by atoms with van der Waals surface area (Å²) >= 11 is 1.71. The molecule has 0 radical (unpaired) electrons. The molecular formula is C19H23N2OS+. The monoisotopic (exact) mass is 327 g/mol. The van der Waals surface area contributed by atoms with Gasteiger partial charge in [-0.05, 0) is 22.9 Å². The highest BCUT2D eigenvalue weighted by atomic mass is 32.1. The third-order valence-electron chi connectivity index (χ3n) is 3.74. The molecule has 0 aliphatic rings. The van der Waals surface area contributed by atoms with Gasteiger partial charge in [-0.25, -0.2) is 0 Å². The van der Waals surface area contributed by atoms with Crippen molar-refractivity contribution in [3.8, 4) is 12.3 Å². The molecule has 0 saturated heterocycles. The molecular weight excluding hydrogens is 304 g/mol. The van der Waals surface area contributed by atoms with Crippen LogP contribution in [0.2, 0.25) is 0 Å². The van der Waals surface area contributed by atoms with E-state index in [1.54, 1.807) is 11.3 Å². The van der Waals surface area contributed by atoms with Crippen molar-refractivity contribution in [2.45, 2.75) is 25.8 Å². The standard InChI is InChI=1S/C19H22N2OS/c1-4-11-20-18(22)13-21-19(17-6-5-12-23-17)16-9-7-15(8-10-16)14(2)3/h1,5-10,12,14,19,21H,11,13H2,2-3H3,(H,20,22)/p+1/t19-/m0/s1. The first-order chi connectivity index (χ1) is 11.1. The van der Waals surface area contributed by atoms with E-state index in [1.807, 2.05) is 6.07 Å². The molecule has 3 nitrogen and oxygen atoms in total. The molecule has 2 aromatic rings. The Balaban J connectivity index is 2.12. The second-order valence-corrected chi connectivity index (χ2v) is 6.71. The van der Waals surface area contributed by atoms with Crippen LogP contribution in [0.25, 0.3) is 0 Å². The number of rotatable bonds is 7. The quantitative estimate of drug-likeness (QED) is 0.753. The van der Waals surface area contributed by atoms with E-state index in [9.17, 15) is 4.79 Å². The Morgan fingerprint density at radius 3 is 2.52 bits per heavy atom. The number of thiophene rings is 1. The number of benzene rings is 1. The fraction of sp³-hybridized carbons (Fsp3) is 0.316. The number of nitrogens with one attached hydrogen (secondary N) is 1. The van der Waals surface area contributed by atoms with E-state index in [0.717, 1.165) is 0 Å². The average molecular weight is 327 g/mol. The van der Waals surface area contributed by atoms with Gasteiger partial charge >= 0.3 is 0 Å². The highest BCUT2D eigenvalue weighted by molar-refractivity contribution is 7.10. The van der Waals surface area contributed by atoms with Gasteiger partial charge in [0.15, 0.2) is 6.54 Å². The maximum Gasteiger partial charge on any atom is 0.275 e. The highest BCUT2D eigenvalue weighted by Crippen LogP contribution is 2.24. The zero-order valence-electron chi connectivity index (χ0n) is 13.6. The van der Waals surface area contributed by atoms with Crippen molar-refractivity contribution in [3.05, 3.63) is 57.8 Å². The number of nitrogens with two attached hydrogens (primary N) is 1. The minimum Gasteiger partial charge on any atom is -0.340 e. The molecule has 1 aromatic carbocycles. The molecule has 1 heterocycles. The molecule has 1 aromatic heterocycles. The fourth-order valence-corrected chi connectivity index (χ4v) is 3.27. The summed E-state index contributed by atoms with van der Waals surface area (Å²) < 4.78 is 0. The number of carbonyl (C=O) groups is 1. The molecule has 4 heteroatoms. The van der Waals surface area contributed by atoms with E-state index >= 15 is 0 Å². The Labute approximate surface area is 142 Å². The first-order valence-electron chi connectivity index (χ1n) is 7.78. The maximum atomic E-state index is 11.8. The predicted molar refractivity (Wildman–Crippen MR) is 95.3 cm³/mol. The Morgan fingerprint density at radius 2 is 1.96 bits per heavy atom. The lowest BCUT2D eigenvalue weighted by atomic mass is 9.98. The number of hydrogen-bond acceptors (Lipinski definition) is 2. The van der Waals surface area contributed by atoms with Crippen LogP contribution in [-0.2, 0) is 4.79 Å². The number of amides is 1. The van der Waals surface area contributed by atoms with Crippen molar-refractivity contribution >= 4 is 17.2 Å². The van der Waals surface area contributed by atoms with Crippen LogP contribution in [0.1, 0.15) is 41.8 Å². The average Bonchev–Trinajstić information content (AvgIpc) is 3.08. The summed E-state index contributed by atoms with van der Waals surface area (Å²) in [4.78, 5) is 13.1. The summed E-state index contributed by atoms with van der Waals surface area (Å²) in [5.74, 6) is 2.90. The molecule has 120 valence electrons. The molecule has 3 N–H and O–H groups in total. The van der Waals surface area contributed by atoms with E-state index in [2.05, 4.69) is 66.1 Å². The largest absolute Gasteiger partial charge is 0.340 e. The molecule has 1 amide bonds. The Hall–Kier alpha value is -2.09. The minimum absolute atomic E-state index is 0.0386. The van der Waals surface area contributed by atoms with Gasteiger partial charge in [0, 0.05) is 5.56 Å². The lowest BCUT2D eigenvalue weighted by Crippen LogP contribution is -2.87. The Bertz CT molecular complexity index is 654. The zero-order chi connectivity index (χ0) is 16.7. The van der Waals surface area contributed by atoms with E-state index in [4.69, 9.17) is 6.42 Å². The molecule has 0 fully saturated rings. The van der Waals surface area contributed by atoms with Crippen molar-refractivity contribution in [2.24, 2.45) is 0 Å². The molecule has 0 bridgehead atoms. The van der Waals surface area contributed by atoms with Gasteiger partial charge in [0.05, 0.1) is 11.4 Å². The summed E-state index contributed by atoms with van der Waals surface area (Å²) in [7, 11) is 0. The van der Waals surface area contributed by atoms with Crippen LogP contribution in [0, 0.1) is 12.3 Å². The summed E-state index contributed by atoms with van der Waals surface area (Å²) in [5.41, 5.74) is 2.53. The van der Waals surface area contributed by atoms with Gasteiger partial charge < -0.3 is 10.6 Å². The van der Waals surface area contributed by atoms with Gasteiger partial charge in [0.25, 0.3) is 5.91 Å². The third kappa shape index (κ3) is 4.95. The molecule has 2 rings (SSSR count). The van der Waals surface area contributed by atoms with Crippen LogP contribution in [0.4, 0.5) is 0 Å². The lowest BCUT2D eigenvalue weighted by Gasteiger charge is -2.15. The van der Waals surface area contributed by atoms with E-state index < -0.39 is 0 Å². The van der Waals surface area contributed by atoms with E-state index in [1.165, 1.54) is 16.0 Å². The van der Waals surface area contributed by atoms with Crippen molar-refractivity contribution in [1.29, 1.82) is 0 Å². The van der Waals surface area contributed by atoms with Crippen molar-refractivity contribution in [3.63, 3.8) is 0 Å². The van der Waals surface area contributed by atoms with E-state index in [0.29, 0.717) is 12.5 Å². The molecule has 0 spiro atoms. The van der Waals surface area contributed by atoms with E-state index in [-0.39, 0.29) is 18.5 Å². The first kappa shape index (κ1) is 17.3. The maximum absolute atomic E-state index is 11.8. The van der Waals surface area contributed by atoms with Crippen LogP contribution in [0.15, 0.2) is 41.8 Å². The summed E-state index contributed by atoms with van der Waals surface area (Å²) in [6.07, 6.45) is 5.17. The summed E-state index contributed by atoms with van der Waals surface area (Å²) in [5, 5.41) is 6.83. The van der Waals surface area contributed by atoms with Crippen molar-refractivity contribution in [1.82, 2.24) is 5.32 Å². The van der Waals surface area contributed by atoms with Crippen molar-refractivity contribution < 1.29 is 10.1 Å².